The fourth-order valence-corrected chi connectivity index (χ4v) is 6.80. The van der Waals surface area contributed by atoms with Crippen LogP contribution in [0.4, 0.5) is 0 Å². The summed E-state index contributed by atoms with van der Waals surface area (Å²) in [5.74, 6) is -2.16. The van der Waals surface area contributed by atoms with Crippen molar-refractivity contribution in [3.8, 4) is 11.4 Å². The number of benzene rings is 3. The predicted molar refractivity (Wildman–Crippen MR) is 183 cm³/mol. The Balaban J connectivity index is 1.40. The SMILES string of the molecule is CCCCCCCCCCCCCCC(Cl)COC(=O)c1c(C(N)=O)c(O)c2ccccc2c1Sc1nnnn1-c1ccccc1. The maximum atomic E-state index is 13.7. The highest BCUT2D eigenvalue weighted by Gasteiger charge is 2.30. The number of esters is 1. The summed E-state index contributed by atoms with van der Waals surface area (Å²) < 4.78 is 7.18. The number of amides is 1. The lowest BCUT2D eigenvalue weighted by atomic mass is 9.98. The predicted octanol–water partition coefficient (Wildman–Crippen LogP) is 8.63. The van der Waals surface area contributed by atoms with Gasteiger partial charge in [0.1, 0.15) is 12.4 Å². The molecule has 1 heterocycles. The minimum absolute atomic E-state index is 0.0456. The lowest BCUT2D eigenvalue weighted by Gasteiger charge is -2.18. The van der Waals surface area contributed by atoms with Gasteiger partial charge in [0.2, 0.25) is 5.16 Å². The number of carbonyl (C=O) groups excluding carboxylic acids is 2. The molecule has 3 N–H and O–H groups in total. The maximum absolute atomic E-state index is 13.7. The third-order valence-corrected chi connectivity index (χ3v) is 9.40. The van der Waals surface area contributed by atoms with E-state index in [1.54, 1.807) is 24.3 Å². The number of nitrogens with two attached hydrogens (primary N) is 1. The van der Waals surface area contributed by atoms with Crippen molar-refractivity contribution in [2.75, 3.05) is 6.61 Å². The monoisotopic (exact) mass is 665 g/mol. The third-order valence-electron chi connectivity index (χ3n) is 7.99. The van der Waals surface area contributed by atoms with Crippen LogP contribution in [0.15, 0.2) is 64.6 Å². The van der Waals surface area contributed by atoms with E-state index in [0.29, 0.717) is 32.9 Å². The van der Waals surface area contributed by atoms with Crippen molar-refractivity contribution in [2.24, 2.45) is 5.73 Å². The quantitative estimate of drug-likeness (QED) is 0.0544. The molecular formula is C35H44ClN5O4S. The number of phenols is 1. The number of ether oxygens (including phenoxy) is 1. The number of para-hydroxylation sites is 1. The van der Waals surface area contributed by atoms with Crippen LogP contribution < -0.4 is 5.73 Å². The van der Waals surface area contributed by atoms with Crippen molar-refractivity contribution in [3.05, 3.63) is 65.7 Å². The highest BCUT2D eigenvalue weighted by Crippen LogP contribution is 2.43. The number of nitrogens with zero attached hydrogens (tertiary/aromatic N) is 4. The molecule has 1 atom stereocenters. The van der Waals surface area contributed by atoms with Crippen LogP contribution >= 0.6 is 23.4 Å². The number of aromatic nitrogens is 4. The second-order valence-corrected chi connectivity index (χ2v) is 13.1. The number of rotatable bonds is 20. The van der Waals surface area contributed by atoms with Crippen molar-refractivity contribution in [3.63, 3.8) is 0 Å². The molecule has 3 aromatic carbocycles. The number of halogens is 1. The summed E-state index contributed by atoms with van der Waals surface area (Å²) in [5.41, 5.74) is 5.97. The van der Waals surface area contributed by atoms with Crippen LogP contribution in [0, 0.1) is 0 Å². The normalized spacial score (nSPS) is 12.0. The van der Waals surface area contributed by atoms with E-state index in [1.165, 1.54) is 68.9 Å². The van der Waals surface area contributed by atoms with Gasteiger partial charge in [-0.05, 0) is 40.7 Å². The van der Waals surface area contributed by atoms with Crippen LogP contribution in [-0.4, -0.2) is 49.2 Å². The first-order valence-electron chi connectivity index (χ1n) is 16.3. The molecule has 0 aliphatic rings. The summed E-state index contributed by atoms with van der Waals surface area (Å²) in [6.45, 7) is 2.20. The van der Waals surface area contributed by atoms with Crippen LogP contribution in [-0.2, 0) is 4.74 Å². The Morgan fingerprint density at radius 2 is 1.46 bits per heavy atom. The Hall–Kier alpha value is -3.63. The smallest absolute Gasteiger partial charge is 0.340 e. The van der Waals surface area contributed by atoms with Crippen LogP contribution in [0.5, 0.6) is 5.75 Å². The van der Waals surface area contributed by atoms with Gasteiger partial charge in [-0.25, -0.2) is 4.79 Å². The van der Waals surface area contributed by atoms with Gasteiger partial charge < -0.3 is 15.6 Å². The van der Waals surface area contributed by atoms with Gasteiger partial charge in [-0.2, -0.15) is 4.68 Å². The van der Waals surface area contributed by atoms with Crippen molar-refractivity contribution in [1.82, 2.24) is 20.2 Å². The zero-order valence-corrected chi connectivity index (χ0v) is 28.1. The van der Waals surface area contributed by atoms with E-state index in [-0.39, 0.29) is 28.9 Å². The van der Waals surface area contributed by atoms with E-state index in [1.807, 2.05) is 30.3 Å². The molecule has 1 unspecified atom stereocenters. The first-order chi connectivity index (χ1) is 22.4. The van der Waals surface area contributed by atoms with Gasteiger partial charge in [-0.3, -0.25) is 4.79 Å². The van der Waals surface area contributed by atoms with Gasteiger partial charge in [-0.15, -0.1) is 16.7 Å². The third kappa shape index (κ3) is 9.69. The summed E-state index contributed by atoms with van der Waals surface area (Å²) in [7, 11) is 0. The van der Waals surface area contributed by atoms with E-state index in [4.69, 9.17) is 22.1 Å². The molecule has 0 saturated carbocycles. The number of hydrogen-bond donors (Lipinski definition) is 2. The summed E-state index contributed by atoms with van der Waals surface area (Å²) in [5, 5.41) is 24.0. The van der Waals surface area contributed by atoms with Crippen LogP contribution in [0.2, 0.25) is 0 Å². The van der Waals surface area contributed by atoms with Crippen molar-refractivity contribution >= 4 is 46.0 Å². The van der Waals surface area contributed by atoms with Gasteiger partial charge in [0.15, 0.2) is 0 Å². The molecule has 9 nitrogen and oxygen atoms in total. The molecule has 246 valence electrons. The topological polar surface area (TPSA) is 133 Å². The lowest BCUT2D eigenvalue weighted by Crippen LogP contribution is -2.21. The summed E-state index contributed by atoms with van der Waals surface area (Å²) >= 11 is 7.64. The van der Waals surface area contributed by atoms with E-state index >= 15 is 0 Å². The number of fused-ring (bicyclic) bond motifs is 1. The first-order valence-corrected chi connectivity index (χ1v) is 17.6. The Labute approximate surface area is 280 Å². The maximum Gasteiger partial charge on any atom is 0.340 e. The summed E-state index contributed by atoms with van der Waals surface area (Å²) in [6, 6.07) is 16.2. The fraction of sp³-hybridized carbons (Fsp3) is 0.457. The Morgan fingerprint density at radius 1 is 0.870 bits per heavy atom. The molecule has 0 radical (unpaired) electrons. The van der Waals surface area contributed by atoms with Crippen molar-refractivity contribution < 1.29 is 19.4 Å². The molecule has 1 aromatic heterocycles. The minimum Gasteiger partial charge on any atom is -0.506 e. The van der Waals surface area contributed by atoms with E-state index in [2.05, 4.69) is 22.4 Å². The fourth-order valence-electron chi connectivity index (χ4n) is 5.52. The van der Waals surface area contributed by atoms with Gasteiger partial charge >= 0.3 is 5.97 Å². The number of primary amides is 1. The largest absolute Gasteiger partial charge is 0.506 e. The summed E-state index contributed by atoms with van der Waals surface area (Å²) in [6.07, 6.45) is 15.7. The average molecular weight is 666 g/mol. The highest BCUT2D eigenvalue weighted by molar-refractivity contribution is 7.99. The summed E-state index contributed by atoms with van der Waals surface area (Å²) in [4.78, 5) is 26.7. The Bertz CT molecular complexity index is 1570. The first kappa shape index (κ1) is 35.2. The molecule has 1 amide bonds. The van der Waals surface area contributed by atoms with E-state index < -0.39 is 11.9 Å². The van der Waals surface area contributed by atoms with E-state index in [0.717, 1.165) is 24.6 Å². The average Bonchev–Trinajstić information content (AvgIpc) is 3.53. The Kier molecular flexibility index (Phi) is 14.2. The van der Waals surface area contributed by atoms with Crippen molar-refractivity contribution in [1.29, 1.82) is 0 Å². The minimum atomic E-state index is -0.960. The Morgan fingerprint density at radius 3 is 2.09 bits per heavy atom. The molecule has 4 rings (SSSR count). The van der Waals surface area contributed by atoms with Crippen LogP contribution in [0.1, 0.15) is 111 Å². The van der Waals surface area contributed by atoms with Gasteiger partial charge in [0.05, 0.1) is 22.2 Å². The van der Waals surface area contributed by atoms with Gasteiger partial charge in [-0.1, -0.05) is 126 Å². The molecule has 0 saturated heterocycles. The van der Waals surface area contributed by atoms with Crippen molar-refractivity contribution in [2.45, 2.75) is 106 Å². The van der Waals surface area contributed by atoms with Crippen LogP contribution in [0.25, 0.3) is 16.5 Å². The van der Waals surface area contributed by atoms with Gasteiger partial charge in [0.25, 0.3) is 5.91 Å². The molecule has 0 aliphatic heterocycles. The highest BCUT2D eigenvalue weighted by atomic mass is 35.5. The number of aromatic hydroxyl groups is 1. The molecular weight excluding hydrogens is 622 g/mol. The molecule has 0 aliphatic carbocycles. The standard InChI is InChI=1S/C35H44ClN5O4S/c1-2-3-4-5-6-7-8-9-10-11-12-14-19-25(36)24-45-34(44)30-29(33(37)43)31(42)27-22-17-18-23-28(27)32(30)46-35-38-39-40-41(35)26-20-15-13-16-21-26/h13,15-18,20-23,25,42H,2-12,14,19,24H2,1H3,(H2,37,43). The number of hydrogen-bond acceptors (Lipinski definition) is 8. The molecule has 11 heteroatoms. The number of unbranched alkanes of at least 4 members (excludes halogenated alkanes) is 11. The van der Waals surface area contributed by atoms with Crippen LogP contribution in [0.3, 0.4) is 0 Å². The molecule has 0 spiro atoms. The number of tetrazole rings is 1. The second kappa shape index (κ2) is 18.5. The molecule has 0 bridgehead atoms. The number of carbonyl (C=O) groups is 2. The van der Waals surface area contributed by atoms with Gasteiger partial charge in [0, 0.05) is 15.7 Å². The molecule has 46 heavy (non-hydrogen) atoms. The lowest BCUT2D eigenvalue weighted by molar-refractivity contribution is 0.0494. The van der Waals surface area contributed by atoms with E-state index in [9.17, 15) is 14.7 Å². The molecule has 4 aromatic rings. The molecule has 0 fully saturated rings. The zero-order valence-electron chi connectivity index (χ0n) is 26.5. The zero-order chi connectivity index (χ0) is 32.7. The second-order valence-electron chi connectivity index (χ2n) is 11.5. The number of alkyl halides is 1.